The average molecular weight is 1060 g/mol. The maximum atomic E-state index is 9.89. The van der Waals surface area contributed by atoms with Gasteiger partial charge in [0.25, 0.3) is 0 Å². The number of nitriles is 4. The van der Waals surface area contributed by atoms with Crippen molar-refractivity contribution >= 4 is 65.4 Å². The summed E-state index contributed by atoms with van der Waals surface area (Å²) < 4.78 is 6.96. The summed E-state index contributed by atoms with van der Waals surface area (Å²) in [5, 5.41) is 45.1. The van der Waals surface area contributed by atoms with Crippen LogP contribution < -0.4 is 0 Å². The first kappa shape index (κ1) is 48.0. The molecule has 0 unspecified atom stereocenters. The van der Waals surface area contributed by atoms with Gasteiger partial charge in [0.05, 0.1) is 91.0 Å². The van der Waals surface area contributed by atoms with Crippen molar-refractivity contribution in [2.75, 3.05) is 0 Å². The Hall–Kier alpha value is -12.1. The lowest BCUT2D eigenvalue weighted by molar-refractivity contribution is 1.16. The molecule has 382 valence electrons. The van der Waals surface area contributed by atoms with Gasteiger partial charge in [-0.05, 0) is 162 Å². The molecule has 0 aliphatic rings. The predicted molar refractivity (Wildman–Crippen MR) is 331 cm³/mol. The monoisotopic (exact) mass is 1060 g/mol. The Kier molecular flexibility index (Phi) is 11.2. The number of hydrogen-bond donors (Lipinski definition) is 0. The Morgan fingerprint density at radius 1 is 0.241 bits per heavy atom. The Labute approximate surface area is 476 Å². The molecule has 83 heavy (non-hydrogen) atoms. The second kappa shape index (κ2) is 19.3. The summed E-state index contributed by atoms with van der Waals surface area (Å²) >= 11 is 0. The van der Waals surface area contributed by atoms with Crippen LogP contribution in [0.2, 0.25) is 0 Å². The van der Waals surface area contributed by atoms with Crippen LogP contribution in [0.3, 0.4) is 0 Å². The van der Waals surface area contributed by atoms with Gasteiger partial charge < -0.3 is 13.7 Å². The zero-order valence-electron chi connectivity index (χ0n) is 44.2. The van der Waals surface area contributed by atoms with Crippen molar-refractivity contribution in [3.8, 4) is 97.5 Å². The van der Waals surface area contributed by atoms with Crippen molar-refractivity contribution in [2.24, 2.45) is 0 Å². The maximum absolute atomic E-state index is 9.89. The summed E-state index contributed by atoms with van der Waals surface area (Å²) in [5.74, 6) is 0.542. The Morgan fingerprint density at radius 2 is 0.542 bits per heavy atom. The molecule has 0 aliphatic carbocycles. The highest BCUT2D eigenvalue weighted by atomic mass is 15.0. The minimum atomic E-state index is 0.542. The summed E-state index contributed by atoms with van der Waals surface area (Å²) in [6.45, 7) is 0. The molecular formula is C74H41N9. The topological polar surface area (TPSA) is 136 Å². The molecule has 0 bridgehead atoms. The van der Waals surface area contributed by atoms with E-state index in [1.165, 1.54) is 0 Å². The number of rotatable bonds is 8. The molecule has 4 heterocycles. The van der Waals surface area contributed by atoms with E-state index < -0.39 is 0 Å². The minimum Gasteiger partial charge on any atom is -0.309 e. The lowest BCUT2D eigenvalue weighted by Crippen LogP contribution is -1.96. The summed E-state index contributed by atoms with van der Waals surface area (Å²) in [5.41, 5.74) is 20.2. The molecule has 0 N–H and O–H groups in total. The molecule has 0 spiro atoms. The molecule has 0 aliphatic heterocycles. The van der Waals surface area contributed by atoms with Crippen LogP contribution >= 0.6 is 0 Å². The third-order valence-electron chi connectivity index (χ3n) is 16.0. The van der Waals surface area contributed by atoms with E-state index in [0.29, 0.717) is 28.1 Å². The maximum Gasteiger partial charge on any atom is 0.160 e. The van der Waals surface area contributed by atoms with Crippen molar-refractivity contribution in [2.45, 2.75) is 0 Å². The van der Waals surface area contributed by atoms with Gasteiger partial charge in [0.2, 0.25) is 0 Å². The molecule has 0 radical (unpaired) electrons. The molecule has 9 heteroatoms. The number of nitrogens with zero attached hydrogens (tertiary/aromatic N) is 9. The van der Waals surface area contributed by atoms with Crippen LogP contribution in [0.5, 0.6) is 0 Å². The second-order valence-corrected chi connectivity index (χ2v) is 20.7. The van der Waals surface area contributed by atoms with Crippen LogP contribution in [-0.2, 0) is 0 Å². The highest BCUT2D eigenvalue weighted by molar-refractivity contribution is 6.14. The van der Waals surface area contributed by atoms with Gasteiger partial charge in [-0.15, -0.1) is 0 Å². The second-order valence-electron chi connectivity index (χ2n) is 20.7. The van der Waals surface area contributed by atoms with E-state index in [4.69, 9.17) is 9.97 Å². The summed E-state index contributed by atoms with van der Waals surface area (Å²) in [4.78, 5) is 9.91. The fourth-order valence-corrected chi connectivity index (χ4v) is 12.0. The molecule has 9 nitrogen and oxygen atoms in total. The standard InChI is InChI=1S/C74H41N9/c75-42-46-9-15-54(16-10-46)66-41-67(80-74(79-66)56-17-11-47(43-76)12-18-56)55-25-23-52(24-26-55)50-19-21-51(22-20-50)53-27-29-57(30-28-53)81-72-35-31-58(82-68-7-3-1-5-60(68)62-37-48(44-77)13-33-70(62)82)39-64(72)65-40-59(32-36-73(65)81)83-69-8-4-2-6-61(69)63-38-49(45-78)14-34-71(63)83/h1-41H. The number of hydrogen-bond acceptors (Lipinski definition) is 6. The Bertz CT molecular complexity index is 5060. The van der Waals surface area contributed by atoms with Crippen LogP contribution in [0, 0.1) is 45.3 Å². The molecule has 0 atom stereocenters. The van der Waals surface area contributed by atoms with Gasteiger partial charge in [-0.25, -0.2) is 9.97 Å². The molecule has 11 aromatic carbocycles. The third-order valence-corrected chi connectivity index (χ3v) is 16.0. The lowest BCUT2D eigenvalue weighted by Gasteiger charge is -2.12. The normalized spacial score (nSPS) is 11.3. The van der Waals surface area contributed by atoms with Gasteiger partial charge in [-0.3, -0.25) is 0 Å². The van der Waals surface area contributed by atoms with Gasteiger partial charge in [-0.1, -0.05) is 109 Å². The number of fused-ring (bicyclic) bond motifs is 9. The van der Waals surface area contributed by atoms with E-state index in [0.717, 1.165) is 133 Å². The van der Waals surface area contributed by atoms with Crippen molar-refractivity contribution in [1.82, 2.24) is 23.7 Å². The van der Waals surface area contributed by atoms with E-state index in [1.54, 1.807) is 24.3 Å². The van der Waals surface area contributed by atoms with Crippen LogP contribution in [0.15, 0.2) is 249 Å². The quantitative estimate of drug-likeness (QED) is 0.149. The van der Waals surface area contributed by atoms with E-state index in [2.05, 4.69) is 208 Å². The molecule has 0 fully saturated rings. The molecule has 0 amide bonds. The van der Waals surface area contributed by atoms with Crippen molar-refractivity contribution < 1.29 is 0 Å². The first-order valence-electron chi connectivity index (χ1n) is 27.1. The highest BCUT2D eigenvalue weighted by Crippen LogP contribution is 2.41. The largest absolute Gasteiger partial charge is 0.309 e. The fourth-order valence-electron chi connectivity index (χ4n) is 12.0. The van der Waals surface area contributed by atoms with Crippen LogP contribution in [0.25, 0.3) is 139 Å². The van der Waals surface area contributed by atoms with Crippen LogP contribution in [-0.4, -0.2) is 23.7 Å². The van der Waals surface area contributed by atoms with Gasteiger partial charge in [0, 0.05) is 66.1 Å². The Morgan fingerprint density at radius 3 is 0.964 bits per heavy atom. The fraction of sp³-hybridized carbons (Fsp3) is 0. The van der Waals surface area contributed by atoms with Gasteiger partial charge >= 0.3 is 0 Å². The molecule has 0 saturated heterocycles. The molecule has 4 aromatic heterocycles. The van der Waals surface area contributed by atoms with E-state index >= 15 is 0 Å². The summed E-state index contributed by atoms with van der Waals surface area (Å²) in [6.07, 6.45) is 0. The molecular weight excluding hydrogens is 1010 g/mol. The van der Waals surface area contributed by atoms with E-state index in [-0.39, 0.29) is 0 Å². The zero-order chi connectivity index (χ0) is 55.7. The van der Waals surface area contributed by atoms with E-state index in [9.17, 15) is 21.0 Å². The molecule has 0 saturated carbocycles. The summed E-state index contributed by atoms with van der Waals surface area (Å²) in [7, 11) is 0. The first-order valence-corrected chi connectivity index (χ1v) is 27.1. The van der Waals surface area contributed by atoms with Crippen LogP contribution in [0.4, 0.5) is 0 Å². The van der Waals surface area contributed by atoms with Gasteiger partial charge in [0.1, 0.15) is 0 Å². The molecule has 15 rings (SSSR count). The number of para-hydroxylation sites is 2. The van der Waals surface area contributed by atoms with E-state index in [1.807, 2.05) is 54.6 Å². The smallest absolute Gasteiger partial charge is 0.160 e. The third kappa shape index (κ3) is 8.05. The predicted octanol–water partition coefficient (Wildman–Crippen LogP) is 17.6. The minimum absolute atomic E-state index is 0.542. The SMILES string of the molecule is N#Cc1ccc(-c2cc(-c3ccc(-c4ccc(-c5ccc(-n6c7ccc(-n8c9ccccc9c9cc(C#N)ccc98)cc7c7cc(-n8c9ccccc9c9cc(C#N)ccc98)ccc76)cc5)cc4)cc3)nc(-c3ccc(C#N)cc3)n2)cc1. The first-order chi connectivity index (χ1) is 40.9. The van der Waals surface area contributed by atoms with Gasteiger partial charge in [-0.2, -0.15) is 21.0 Å². The number of aromatic nitrogens is 5. The van der Waals surface area contributed by atoms with Crippen molar-refractivity contribution in [1.29, 1.82) is 21.0 Å². The number of benzene rings is 11. The van der Waals surface area contributed by atoms with Crippen molar-refractivity contribution in [3.05, 3.63) is 271 Å². The highest BCUT2D eigenvalue weighted by Gasteiger charge is 2.20. The van der Waals surface area contributed by atoms with Crippen LogP contribution in [0.1, 0.15) is 22.3 Å². The average Bonchev–Trinajstić information content (AvgIpc) is 3.63. The lowest BCUT2D eigenvalue weighted by atomic mass is 9.98. The van der Waals surface area contributed by atoms with Crippen molar-refractivity contribution in [3.63, 3.8) is 0 Å². The summed E-state index contributed by atoms with van der Waals surface area (Å²) in [6, 6.07) is 93.7. The zero-order valence-corrected chi connectivity index (χ0v) is 44.2. The Balaban J connectivity index is 0.788. The van der Waals surface area contributed by atoms with Gasteiger partial charge in [0.15, 0.2) is 5.82 Å². The molecule has 15 aromatic rings.